The lowest BCUT2D eigenvalue weighted by atomic mass is 10.1. The number of carbonyl (C=O) groups excluding carboxylic acids is 1. The number of anilines is 1. The topological polar surface area (TPSA) is 48.1 Å². The highest BCUT2D eigenvalue weighted by atomic mass is 19.4. The molecule has 6 nitrogen and oxygen atoms in total. The van der Waals surface area contributed by atoms with Crippen molar-refractivity contribution in [1.82, 2.24) is 14.7 Å². The molecule has 0 saturated carbocycles. The van der Waals surface area contributed by atoms with Crippen molar-refractivity contribution in [1.29, 1.82) is 0 Å². The molecule has 2 saturated heterocycles. The van der Waals surface area contributed by atoms with Gasteiger partial charge in [-0.25, -0.2) is 4.79 Å². The highest BCUT2D eigenvalue weighted by Gasteiger charge is 2.39. The standard InChI is InChI=1S/C30H30F6N4O2/c31-29(32,33)23-14-24(30(34,35)36)16-25(15-23)37-28(41)40-18-26(19-40)39-12-10-38(11-13-39)17-21-6-8-27(9-7-21)42-20-22-4-2-1-3-5-22/h1-9,14-16,26H,10-13,17-20H2,(H,37,41). The van der Waals surface area contributed by atoms with Gasteiger partial charge in [-0.2, -0.15) is 26.3 Å². The molecule has 0 bridgehead atoms. The summed E-state index contributed by atoms with van der Waals surface area (Å²) in [6, 6.07) is 18.4. The number of hydrogen-bond donors (Lipinski definition) is 1. The predicted octanol–water partition coefficient (Wildman–Crippen LogP) is 6.34. The van der Waals surface area contributed by atoms with Gasteiger partial charge in [0.2, 0.25) is 0 Å². The van der Waals surface area contributed by atoms with Crippen LogP contribution in [0.15, 0.2) is 72.8 Å². The molecule has 0 atom stereocenters. The number of hydrogen-bond acceptors (Lipinski definition) is 4. The van der Waals surface area contributed by atoms with E-state index in [9.17, 15) is 31.1 Å². The molecule has 2 aliphatic rings. The molecule has 3 aromatic rings. The van der Waals surface area contributed by atoms with Crippen LogP contribution in [-0.4, -0.2) is 66.0 Å². The van der Waals surface area contributed by atoms with Crippen LogP contribution < -0.4 is 10.1 Å². The molecule has 42 heavy (non-hydrogen) atoms. The number of alkyl halides is 6. The second-order valence-electron chi connectivity index (χ2n) is 10.5. The van der Waals surface area contributed by atoms with Crippen LogP contribution in [0, 0.1) is 0 Å². The lowest BCUT2D eigenvalue weighted by molar-refractivity contribution is -0.143. The van der Waals surface area contributed by atoms with E-state index in [0.717, 1.165) is 44.0 Å². The maximum Gasteiger partial charge on any atom is 0.416 e. The van der Waals surface area contributed by atoms with Crippen LogP contribution in [0.25, 0.3) is 0 Å². The van der Waals surface area contributed by atoms with Crippen molar-refractivity contribution in [3.05, 3.63) is 95.1 Å². The summed E-state index contributed by atoms with van der Waals surface area (Å²) in [5.41, 5.74) is -1.22. The second-order valence-corrected chi connectivity index (χ2v) is 10.5. The van der Waals surface area contributed by atoms with Crippen LogP contribution in [-0.2, 0) is 25.5 Å². The Morgan fingerprint density at radius 2 is 1.38 bits per heavy atom. The van der Waals surface area contributed by atoms with Gasteiger partial charge in [-0.1, -0.05) is 42.5 Å². The molecule has 0 spiro atoms. The van der Waals surface area contributed by atoms with Crippen LogP contribution in [0.1, 0.15) is 22.3 Å². The number of rotatable bonds is 7. The molecule has 12 heteroatoms. The lowest BCUT2D eigenvalue weighted by Crippen LogP contribution is -2.64. The van der Waals surface area contributed by atoms with E-state index < -0.39 is 35.2 Å². The van der Waals surface area contributed by atoms with Gasteiger partial charge < -0.3 is 15.0 Å². The predicted molar refractivity (Wildman–Crippen MR) is 145 cm³/mol. The Balaban J connectivity index is 1.06. The van der Waals surface area contributed by atoms with Crippen LogP contribution in [0.4, 0.5) is 36.8 Å². The van der Waals surface area contributed by atoms with Gasteiger partial charge in [0.15, 0.2) is 0 Å². The summed E-state index contributed by atoms with van der Waals surface area (Å²) in [6.45, 7) is 5.25. The van der Waals surface area contributed by atoms with Crippen molar-refractivity contribution >= 4 is 11.7 Å². The molecule has 2 fully saturated rings. The first-order valence-electron chi connectivity index (χ1n) is 13.5. The Bertz CT molecular complexity index is 1320. The van der Waals surface area contributed by atoms with Crippen LogP contribution in [0.2, 0.25) is 0 Å². The first-order valence-corrected chi connectivity index (χ1v) is 13.5. The monoisotopic (exact) mass is 592 g/mol. The minimum absolute atomic E-state index is 0.0334. The van der Waals surface area contributed by atoms with Gasteiger partial charge in [0.1, 0.15) is 12.4 Å². The average Bonchev–Trinajstić information content (AvgIpc) is 2.92. The van der Waals surface area contributed by atoms with E-state index in [4.69, 9.17) is 4.74 Å². The van der Waals surface area contributed by atoms with E-state index in [2.05, 4.69) is 27.2 Å². The van der Waals surface area contributed by atoms with Crippen molar-refractivity contribution in [3.63, 3.8) is 0 Å². The number of likely N-dealkylation sites (tertiary alicyclic amines) is 1. The molecule has 0 radical (unpaired) electrons. The molecule has 0 unspecified atom stereocenters. The largest absolute Gasteiger partial charge is 0.489 e. The van der Waals surface area contributed by atoms with E-state index in [1.165, 1.54) is 10.5 Å². The minimum Gasteiger partial charge on any atom is -0.489 e. The first kappa shape index (κ1) is 29.7. The normalized spacial score (nSPS) is 17.1. The van der Waals surface area contributed by atoms with Crippen molar-refractivity contribution in [2.45, 2.75) is 31.5 Å². The Hall–Kier alpha value is -3.77. The highest BCUT2D eigenvalue weighted by molar-refractivity contribution is 5.90. The molecular weight excluding hydrogens is 562 g/mol. The number of ether oxygens (including phenoxy) is 1. The second kappa shape index (κ2) is 12.2. The van der Waals surface area contributed by atoms with Gasteiger partial charge in [0, 0.05) is 57.5 Å². The summed E-state index contributed by atoms with van der Waals surface area (Å²) in [7, 11) is 0. The quantitative estimate of drug-likeness (QED) is 0.326. The summed E-state index contributed by atoms with van der Waals surface area (Å²) < 4.78 is 84.5. The van der Waals surface area contributed by atoms with Gasteiger partial charge >= 0.3 is 18.4 Å². The zero-order valence-corrected chi connectivity index (χ0v) is 22.6. The van der Waals surface area contributed by atoms with Crippen molar-refractivity contribution in [2.24, 2.45) is 0 Å². The van der Waals surface area contributed by atoms with Crippen molar-refractivity contribution < 1.29 is 35.9 Å². The summed E-state index contributed by atoms with van der Waals surface area (Å²) in [5.74, 6) is 0.805. The highest BCUT2D eigenvalue weighted by Crippen LogP contribution is 2.37. The SMILES string of the molecule is O=C(Nc1cc(C(F)(F)F)cc(C(F)(F)F)c1)N1CC(N2CCN(Cc3ccc(OCc4ccccc4)cc3)CC2)C1. The number of halogens is 6. The molecule has 224 valence electrons. The molecule has 2 aliphatic heterocycles. The van der Waals surface area contributed by atoms with E-state index in [1.54, 1.807) is 0 Å². The third-order valence-electron chi connectivity index (χ3n) is 7.49. The molecule has 2 amide bonds. The zero-order chi connectivity index (χ0) is 29.9. The number of amides is 2. The maximum atomic E-state index is 13.1. The Kier molecular flexibility index (Phi) is 8.65. The number of benzene rings is 3. The van der Waals surface area contributed by atoms with Crippen LogP contribution in [0.5, 0.6) is 5.75 Å². The van der Waals surface area contributed by atoms with E-state index in [0.29, 0.717) is 31.8 Å². The Labute approximate surface area is 239 Å². The summed E-state index contributed by atoms with van der Waals surface area (Å²) in [4.78, 5) is 18.5. The molecule has 0 aliphatic carbocycles. The van der Waals surface area contributed by atoms with E-state index in [-0.39, 0.29) is 12.1 Å². The Morgan fingerprint density at radius 3 is 1.95 bits per heavy atom. The summed E-state index contributed by atoms with van der Waals surface area (Å²) in [5, 5.41) is 2.20. The molecule has 2 heterocycles. The van der Waals surface area contributed by atoms with Gasteiger partial charge in [0.25, 0.3) is 0 Å². The molecule has 0 aromatic heterocycles. The number of urea groups is 1. The van der Waals surface area contributed by atoms with E-state index >= 15 is 0 Å². The lowest BCUT2D eigenvalue weighted by Gasteiger charge is -2.48. The molecule has 5 rings (SSSR count). The number of piperazine rings is 1. The first-order chi connectivity index (χ1) is 19.9. The fourth-order valence-corrected chi connectivity index (χ4v) is 5.06. The average molecular weight is 593 g/mol. The number of nitrogens with one attached hydrogen (secondary N) is 1. The minimum atomic E-state index is -4.98. The van der Waals surface area contributed by atoms with Gasteiger partial charge in [0.05, 0.1) is 11.1 Å². The fraction of sp³-hybridized carbons (Fsp3) is 0.367. The zero-order valence-electron chi connectivity index (χ0n) is 22.6. The number of carbonyl (C=O) groups is 1. The van der Waals surface area contributed by atoms with E-state index in [1.807, 2.05) is 42.5 Å². The van der Waals surface area contributed by atoms with Gasteiger partial charge in [-0.05, 0) is 41.5 Å². The molecular formula is C30H30F6N4O2. The maximum absolute atomic E-state index is 13.1. The van der Waals surface area contributed by atoms with Crippen LogP contribution >= 0.6 is 0 Å². The van der Waals surface area contributed by atoms with Crippen LogP contribution in [0.3, 0.4) is 0 Å². The van der Waals surface area contributed by atoms with Gasteiger partial charge in [-0.3, -0.25) is 9.80 Å². The summed E-state index contributed by atoms with van der Waals surface area (Å²) in [6.07, 6.45) is -9.96. The fourth-order valence-electron chi connectivity index (χ4n) is 5.06. The van der Waals surface area contributed by atoms with Gasteiger partial charge in [-0.15, -0.1) is 0 Å². The number of nitrogens with zero attached hydrogens (tertiary/aromatic N) is 3. The third-order valence-corrected chi connectivity index (χ3v) is 7.49. The van der Waals surface area contributed by atoms with Crippen molar-refractivity contribution in [2.75, 3.05) is 44.6 Å². The summed E-state index contributed by atoms with van der Waals surface area (Å²) >= 11 is 0. The molecule has 1 N–H and O–H groups in total. The Morgan fingerprint density at radius 1 is 0.786 bits per heavy atom. The van der Waals surface area contributed by atoms with Crippen molar-refractivity contribution in [3.8, 4) is 5.75 Å². The molecule has 3 aromatic carbocycles. The smallest absolute Gasteiger partial charge is 0.416 e. The third kappa shape index (κ3) is 7.54.